The zero-order valence-corrected chi connectivity index (χ0v) is 12.5. The van der Waals surface area contributed by atoms with Crippen molar-refractivity contribution in [2.24, 2.45) is 17.6 Å². The van der Waals surface area contributed by atoms with Gasteiger partial charge in [-0.2, -0.15) is 0 Å². The van der Waals surface area contributed by atoms with E-state index in [2.05, 4.69) is 20.8 Å². The molecule has 0 radical (unpaired) electrons. The lowest BCUT2D eigenvalue weighted by Crippen LogP contribution is -2.47. The maximum atomic E-state index is 12.5. The van der Waals surface area contributed by atoms with Gasteiger partial charge < -0.3 is 10.6 Å². The van der Waals surface area contributed by atoms with Crippen molar-refractivity contribution in [3.05, 3.63) is 0 Å². The van der Waals surface area contributed by atoms with E-state index in [9.17, 15) is 4.79 Å². The fourth-order valence-electron chi connectivity index (χ4n) is 2.82. The van der Waals surface area contributed by atoms with E-state index < -0.39 is 0 Å². The van der Waals surface area contributed by atoms with Crippen molar-refractivity contribution in [3.63, 3.8) is 0 Å². The summed E-state index contributed by atoms with van der Waals surface area (Å²) in [6.45, 7) is 7.18. The van der Waals surface area contributed by atoms with Gasteiger partial charge in [0.15, 0.2) is 0 Å². The topological polar surface area (TPSA) is 46.3 Å². The van der Waals surface area contributed by atoms with Crippen LogP contribution in [0.5, 0.6) is 0 Å². The molecule has 1 aliphatic rings. The van der Waals surface area contributed by atoms with Crippen molar-refractivity contribution in [1.82, 2.24) is 4.90 Å². The molecule has 106 valence electrons. The minimum atomic E-state index is -0.0299. The second-order valence-electron chi connectivity index (χ2n) is 6.37. The summed E-state index contributed by atoms with van der Waals surface area (Å²) in [6, 6.07) is 0. The third-order valence-electron chi connectivity index (χ3n) is 4.81. The molecule has 18 heavy (non-hydrogen) atoms. The summed E-state index contributed by atoms with van der Waals surface area (Å²) in [5, 5.41) is 0. The van der Waals surface area contributed by atoms with Crippen molar-refractivity contribution in [2.45, 2.75) is 64.8 Å². The molecule has 3 nitrogen and oxygen atoms in total. The normalized spacial score (nSPS) is 24.9. The minimum absolute atomic E-state index is 0.0299. The van der Waals surface area contributed by atoms with Crippen LogP contribution in [-0.2, 0) is 4.79 Å². The Morgan fingerprint density at radius 2 is 2.06 bits per heavy atom. The van der Waals surface area contributed by atoms with Gasteiger partial charge in [-0.25, -0.2) is 0 Å². The van der Waals surface area contributed by atoms with Crippen LogP contribution < -0.4 is 5.73 Å². The molecule has 2 N–H and O–H groups in total. The summed E-state index contributed by atoms with van der Waals surface area (Å²) >= 11 is 0. The predicted molar refractivity (Wildman–Crippen MR) is 76.3 cm³/mol. The average molecular weight is 254 g/mol. The molecule has 0 aliphatic heterocycles. The van der Waals surface area contributed by atoms with Gasteiger partial charge in [-0.1, -0.05) is 19.8 Å². The molecule has 1 rings (SSSR count). The van der Waals surface area contributed by atoms with Crippen molar-refractivity contribution in [2.75, 3.05) is 13.6 Å². The highest BCUT2D eigenvalue weighted by molar-refractivity contribution is 5.79. The van der Waals surface area contributed by atoms with Crippen LogP contribution >= 0.6 is 0 Å². The van der Waals surface area contributed by atoms with Crippen LogP contribution in [0.3, 0.4) is 0 Å². The van der Waals surface area contributed by atoms with Crippen molar-refractivity contribution in [1.29, 1.82) is 0 Å². The van der Waals surface area contributed by atoms with E-state index in [4.69, 9.17) is 5.73 Å². The van der Waals surface area contributed by atoms with Crippen LogP contribution in [0.2, 0.25) is 0 Å². The van der Waals surface area contributed by atoms with Gasteiger partial charge in [0.25, 0.3) is 0 Å². The lowest BCUT2D eigenvalue weighted by Gasteiger charge is -2.39. The van der Waals surface area contributed by atoms with Crippen LogP contribution in [0.15, 0.2) is 0 Å². The van der Waals surface area contributed by atoms with Gasteiger partial charge in [-0.15, -0.1) is 0 Å². The Hall–Kier alpha value is -0.570. The van der Waals surface area contributed by atoms with Gasteiger partial charge in [-0.3, -0.25) is 4.79 Å². The third kappa shape index (κ3) is 3.71. The molecule has 1 fully saturated rings. The Morgan fingerprint density at radius 1 is 1.39 bits per heavy atom. The lowest BCUT2D eigenvalue weighted by molar-refractivity contribution is -0.140. The van der Waals surface area contributed by atoms with E-state index in [1.54, 1.807) is 0 Å². The molecular formula is C15H30N2O. The Labute approximate surface area is 112 Å². The first-order valence-electron chi connectivity index (χ1n) is 7.40. The summed E-state index contributed by atoms with van der Waals surface area (Å²) in [7, 11) is 1.96. The Morgan fingerprint density at radius 3 is 2.61 bits per heavy atom. The van der Waals surface area contributed by atoms with Gasteiger partial charge in [-0.05, 0) is 52.0 Å². The highest BCUT2D eigenvalue weighted by atomic mass is 16.2. The van der Waals surface area contributed by atoms with Crippen molar-refractivity contribution in [3.8, 4) is 0 Å². The summed E-state index contributed by atoms with van der Waals surface area (Å²) in [5.41, 5.74) is 5.61. The van der Waals surface area contributed by atoms with E-state index in [0.29, 0.717) is 11.8 Å². The Kier molecular flexibility index (Phi) is 5.64. The molecule has 0 saturated heterocycles. The summed E-state index contributed by atoms with van der Waals surface area (Å²) in [5.74, 6) is 1.23. The minimum Gasteiger partial charge on any atom is -0.340 e. The average Bonchev–Trinajstić information content (AvgIpc) is 2.37. The van der Waals surface area contributed by atoms with Crippen LogP contribution in [0.25, 0.3) is 0 Å². The van der Waals surface area contributed by atoms with Gasteiger partial charge in [0.1, 0.15) is 0 Å². The van der Waals surface area contributed by atoms with Crippen molar-refractivity contribution >= 4 is 5.91 Å². The molecule has 2 atom stereocenters. The Bertz CT molecular complexity index is 274. The number of hydrogen-bond donors (Lipinski definition) is 1. The Balaban J connectivity index is 2.60. The van der Waals surface area contributed by atoms with E-state index >= 15 is 0 Å². The first kappa shape index (κ1) is 15.5. The molecule has 0 heterocycles. The third-order valence-corrected chi connectivity index (χ3v) is 4.81. The first-order chi connectivity index (χ1) is 8.42. The van der Waals surface area contributed by atoms with Gasteiger partial charge in [0, 0.05) is 18.5 Å². The highest BCUT2D eigenvalue weighted by Crippen LogP contribution is 2.33. The zero-order chi connectivity index (χ0) is 13.8. The predicted octanol–water partition coefficient (Wildman–Crippen LogP) is 2.79. The van der Waals surface area contributed by atoms with Crippen LogP contribution in [0.1, 0.15) is 59.3 Å². The van der Waals surface area contributed by atoms with E-state index in [1.807, 2.05) is 11.9 Å². The number of amides is 1. The number of carbonyl (C=O) groups is 1. The van der Waals surface area contributed by atoms with E-state index in [-0.39, 0.29) is 11.5 Å². The molecule has 3 heteroatoms. The van der Waals surface area contributed by atoms with Gasteiger partial charge in [0.05, 0.1) is 0 Å². The number of hydrogen-bond acceptors (Lipinski definition) is 2. The molecule has 0 aromatic carbocycles. The molecule has 0 bridgehead atoms. The SMILES string of the molecule is CCC(C)(C)N(C)C(=O)C1CCCC(CCN)C1. The second kappa shape index (κ2) is 6.55. The van der Waals surface area contributed by atoms with Crippen LogP contribution in [0, 0.1) is 11.8 Å². The standard InChI is InChI=1S/C15H30N2O/c1-5-15(2,3)17(4)14(18)13-8-6-7-12(11-13)9-10-16/h12-13H,5-11,16H2,1-4H3. The highest BCUT2D eigenvalue weighted by Gasteiger charge is 2.33. The second-order valence-corrected chi connectivity index (χ2v) is 6.37. The molecule has 0 aromatic heterocycles. The van der Waals surface area contributed by atoms with E-state index in [1.165, 1.54) is 12.8 Å². The molecule has 1 amide bonds. The smallest absolute Gasteiger partial charge is 0.225 e. The number of carbonyl (C=O) groups excluding carboxylic acids is 1. The maximum absolute atomic E-state index is 12.5. The first-order valence-corrected chi connectivity index (χ1v) is 7.40. The molecular weight excluding hydrogens is 224 g/mol. The summed E-state index contributed by atoms with van der Waals surface area (Å²) in [4.78, 5) is 14.5. The maximum Gasteiger partial charge on any atom is 0.225 e. The summed E-state index contributed by atoms with van der Waals surface area (Å²) < 4.78 is 0. The van der Waals surface area contributed by atoms with Crippen LogP contribution in [0.4, 0.5) is 0 Å². The molecule has 2 unspecified atom stereocenters. The van der Waals surface area contributed by atoms with E-state index in [0.717, 1.165) is 32.2 Å². The zero-order valence-electron chi connectivity index (χ0n) is 12.5. The molecule has 0 spiro atoms. The van der Waals surface area contributed by atoms with Crippen molar-refractivity contribution < 1.29 is 4.79 Å². The summed E-state index contributed by atoms with van der Waals surface area (Å²) in [6.07, 6.45) is 6.60. The molecule has 0 aromatic rings. The molecule has 1 saturated carbocycles. The number of nitrogens with two attached hydrogens (primary N) is 1. The fourth-order valence-corrected chi connectivity index (χ4v) is 2.82. The molecule has 1 aliphatic carbocycles. The lowest BCUT2D eigenvalue weighted by atomic mass is 9.79. The number of rotatable bonds is 5. The quantitative estimate of drug-likeness (QED) is 0.820. The fraction of sp³-hybridized carbons (Fsp3) is 0.933. The monoisotopic (exact) mass is 254 g/mol. The largest absolute Gasteiger partial charge is 0.340 e. The van der Waals surface area contributed by atoms with Gasteiger partial charge >= 0.3 is 0 Å². The van der Waals surface area contributed by atoms with Gasteiger partial charge in [0.2, 0.25) is 5.91 Å². The van der Waals surface area contributed by atoms with Crippen LogP contribution in [-0.4, -0.2) is 29.9 Å². The number of nitrogens with zero attached hydrogens (tertiary/aromatic N) is 1.